The van der Waals surface area contributed by atoms with Crippen LogP contribution in [0.2, 0.25) is 0 Å². The van der Waals surface area contributed by atoms with E-state index in [-0.39, 0.29) is 24.1 Å². The van der Waals surface area contributed by atoms with Crippen molar-refractivity contribution < 1.29 is 22.7 Å². The maximum Gasteiger partial charge on any atom is 0.337 e. The predicted molar refractivity (Wildman–Crippen MR) is 85.7 cm³/mol. The standard InChI is InChI=1S/C15H18N2O5S/c1-22-15(19)11-2-4-12(5-3-11)17-14(18)6-8-16-13-7-9-23(20,21)10-13/h2-5,7,9,13,16H,6,8,10H2,1H3,(H,17,18). The largest absolute Gasteiger partial charge is 0.465 e. The third-order valence-electron chi connectivity index (χ3n) is 3.28. The van der Waals surface area contributed by atoms with Crippen molar-refractivity contribution in [1.29, 1.82) is 0 Å². The summed E-state index contributed by atoms with van der Waals surface area (Å²) in [4.78, 5) is 23.1. The zero-order chi connectivity index (χ0) is 16.9. The smallest absolute Gasteiger partial charge is 0.337 e. The van der Waals surface area contributed by atoms with Crippen LogP contribution in [0.5, 0.6) is 0 Å². The van der Waals surface area contributed by atoms with Crippen LogP contribution in [0.3, 0.4) is 0 Å². The van der Waals surface area contributed by atoms with Gasteiger partial charge in [0.2, 0.25) is 5.91 Å². The minimum atomic E-state index is -3.09. The number of hydrogen-bond acceptors (Lipinski definition) is 6. The van der Waals surface area contributed by atoms with Crippen LogP contribution in [0.25, 0.3) is 0 Å². The number of carbonyl (C=O) groups is 2. The lowest BCUT2D eigenvalue weighted by Gasteiger charge is -2.10. The van der Waals surface area contributed by atoms with Gasteiger partial charge in [-0.2, -0.15) is 0 Å². The van der Waals surface area contributed by atoms with Crippen molar-refractivity contribution in [3.63, 3.8) is 0 Å². The number of hydrogen-bond donors (Lipinski definition) is 2. The monoisotopic (exact) mass is 338 g/mol. The lowest BCUT2D eigenvalue weighted by Crippen LogP contribution is -2.32. The van der Waals surface area contributed by atoms with E-state index < -0.39 is 15.8 Å². The van der Waals surface area contributed by atoms with Crippen LogP contribution in [0.4, 0.5) is 5.69 Å². The minimum absolute atomic E-state index is 0.0314. The molecule has 1 aromatic carbocycles. The summed E-state index contributed by atoms with van der Waals surface area (Å²) in [6.07, 6.45) is 1.79. The molecular weight excluding hydrogens is 320 g/mol. The molecule has 0 bridgehead atoms. The molecule has 2 rings (SSSR count). The number of nitrogens with one attached hydrogen (secondary N) is 2. The lowest BCUT2D eigenvalue weighted by atomic mass is 10.2. The molecule has 0 aliphatic carbocycles. The van der Waals surface area contributed by atoms with E-state index in [2.05, 4.69) is 15.4 Å². The summed E-state index contributed by atoms with van der Waals surface area (Å²) < 4.78 is 27.1. The number of esters is 1. The van der Waals surface area contributed by atoms with Crippen LogP contribution < -0.4 is 10.6 Å². The highest BCUT2D eigenvalue weighted by Gasteiger charge is 2.20. The van der Waals surface area contributed by atoms with Crippen LogP contribution in [-0.4, -0.2) is 45.7 Å². The third kappa shape index (κ3) is 5.19. The van der Waals surface area contributed by atoms with Crippen LogP contribution in [-0.2, 0) is 19.4 Å². The Kier molecular flexibility index (Phi) is 5.51. The molecule has 0 saturated heterocycles. The SMILES string of the molecule is COC(=O)c1ccc(NC(=O)CCNC2C=CS(=O)(=O)C2)cc1. The summed E-state index contributed by atoms with van der Waals surface area (Å²) in [6.45, 7) is 0.372. The topological polar surface area (TPSA) is 102 Å². The van der Waals surface area contributed by atoms with Crippen molar-refractivity contribution in [3.05, 3.63) is 41.3 Å². The van der Waals surface area contributed by atoms with Crippen LogP contribution in [0, 0.1) is 0 Å². The summed E-state index contributed by atoms with van der Waals surface area (Å²) in [6, 6.07) is 6.11. The Hall–Kier alpha value is -2.19. The molecule has 23 heavy (non-hydrogen) atoms. The Labute approximate surface area is 134 Å². The highest BCUT2D eigenvalue weighted by molar-refractivity contribution is 7.94. The van der Waals surface area contributed by atoms with Crippen LogP contribution in [0.1, 0.15) is 16.8 Å². The van der Waals surface area contributed by atoms with E-state index in [1.807, 2.05) is 0 Å². The summed E-state index contributed by atoms with van der Waals surface area (Å²) in [5.41, 5.74) is 0.979. The molecule has 1 aliphatic rings. The summed E-state index contributed by atoms with van der Waals surface area (Å²) in [5, 5.41) is 6.89. The lowest BCUT2D eigenvalue weighted by molar-refractivity contribution is -0.116. The molecule has 2 N–H and O–H groups in total. The maximum atomic E-state index is 11.8. The average molecular weight is 338 g/mol. The van der Waals surface area contributed by atoms with E-state index in [1.54, 1.807) is 30.3 Å². The van der Waals surface area contributed by atoms with Gasteiger partial charge in [0.15, 0.2) is 9.84 Å². The summed E-state index contributed by atoms with van der Waals surface area (Å²) >= 11 is 0. The fourth-order valence-electron chi connectivity index (χ4n) is 2.10. The van der Waals surface area contributed by atoms with Gasteiger partial charge in [-0.15, -0.1) is 0 Å². The first-order valence-corrected chi connectivity index (χ1v) is 8.74. The molecule has 0 spiro atoms. The van der Waals surface area contributed by atoms with Crippen LogP contribution in [0.15, 0.2) is 35.7 Å². The predicted octanol–water partition coefficient (Wildman–Crippen LogP) is 0.702. The van der Waals surface area contributed by atoms with Gasteiger partial charge in [-0.25, -0.2) is 13.2 Å². The molecule has 1 aliphatic heterocycles. The first-order chi connectivity index (χ1) is 10.9. The molecule has 1 heterocycles. The third-order valence-corrected chi connectivity index (χ3v) is 4.67. The van der Waals surface area contributed by atoms with Crippen molar-refractivity contribution in [3.8, 4) is 0 Å². The number of benzene rings is 1. The number of ether oxygens (including phenoxy) is 1. The maximum absolute atomic E-state index is 11.8. The van der Waals surface area contributed by atoms with Gasteiger partial charge in [0.1, 0.15) is 0 Å². The first-order valence-electron chi connectivity index (χ1n) is 7.02. The van der Waals surface area contributed by atoms with E-state index in [0.717, 1.165) is 0 Å². The van der Waals surface area contributed by atoms with Crippen molar-refractivity contribution in [2.45, 2.75) is 12.5 Å². The van der Waals surface area contributed by atoms with E-state index in [1.165, 1.54) is 12.5 Å². The van der Waals surface area contributed by atoms with Gasteiger partial charge in [-0.3, -0.25) is 4.79 Å². The number of carbonyl (C=O) groups excluding carboxylic acids is 2. The minimum Gasteiger partial charge on any atom is -0.465 e. The Bertz CT molecular complexity index is 710. The molecule has 0 fully saturated rings. The number of rotatable bonds is 6. The Morgan fingerprint density at radius 2 is 1.96 bits per heavy atom. The molecule has 1 aromatic rings. The zero-order valence-corrected chi connectivity index (χ0v) is 13.4. The van der Waals surface area contributed by atoms with E-state index in [9.17, 15) is 18.0 Å². The molecule has 1 atom stereocenters. The Morgan fingerprint density at radius 1 is 1.26 bits per heavy atom. The average Bonchev–Trinajstić information content (AvgIpc) is 2.86. The van der Waals surface area contributed by atoms with Crippen molar-refractivity contribution in [2.75, 3.05) is 24.7 Å². The van der Waals surface area contributed by atoms with Crippen molar-refractivity contribution in [2.24, 2.45) is 0 Å². The first kappa shape index (κ1) is 17.2. The highest BCUT2D eigenvalue weighted by atomic mass is 32.2. The Balaban J connectivity index is 1.75. The summed E-state index contributed by atoms with van der Waals surface area (Å²) in [5.74, 6) is -0.608. The Morgan fingerprint density at radius 3 is 2.52 bits per heavy atom. The summed E-state index contributed by atoms with van der Waals surface area (Å²) in [7, 11) is -1.79. The molecule has 0 aromatic heterocycles. The second kappa shape index (κ2) is 7.38. The molecule has 124 valence electrons. The van der Waals surface area contributed by atoms with Crippen molar-refractivity contribution >= 4 is 27.4 Å². The second-order valence-electron chi connectivity index (χ2n) is 5.09. The highest BCUT2D eigenvalue weighted by Crippen LogP contribution is 2.11. The number of amides is 1. The molecule has 1 amide bonds. The van der Waals surface area contributed by atoms with E-state index >= 15 is 0 Å². The molecule has 0 radical (unpaired) electrons. The van der Waals surface area contributed by atoms with E-state index in [4.69, 9.17) is 0 Å². The number of sulfone groups is 1. The molecule has 1 unspecified atom stereocenters. The normalized spacial score (nSPS) is 18.6. The fourth-order valence-corrected chi connectivity index (χ4v) is 3.37. The van der Waals surface area contributed by atoms with Gasteiger partial charge in [-0.05, 0) is 24.3 Å². The van der Waals surface area contributed by atoms with Gasteiger partial charge in [0.05, 0.1) is 18.4 Å². The zero-order valence-electron chi connectivity index (χ0n) is 12.6. The van der Waals surface area contributed by atoms with Crippen molar-refractivity contribution in [1.82, 2.24) is 5.32 Å². The number of anilines is 1. The quantitative estimate of drug-likeness (QED) is 0.741. The van der Waals surface area contributed by atoms with Gasteiger partial charge >= 0.3 is 5.97 Å². The molecule has 8 heteroatoms. The van der Waals surface area contributed by atoms with Gasteiger partial charge < -0.3 is 15.4 Å². The van der Waals surface area contributed by atoms with Gasteiger partial charge in [0.25, 0.3) is 0 Å². The number of methoxy groups -OCH3 is 1. The van der Waals surface area contributed by atoms with E-state index in [0.29, 0.717) is 17.8 Å². The van der Waals surface area contributed by atoms with Crippen LogP contribution >= 0.6 is 0 Å². The van der Waals surface area contributed by atoms with Gasteiger partial charge in [0, 0.05) is 30.1 Å². The fraction of sp³-hybridized carbons (Fsp3) is 0.333. The molecule has 0 saturated carbocycles. The molecular formula is C15H18N2O5S. The second-order valence-corrected chi connectivity index (χ2v) is 7.02. The van der Waals surface area contributed by atoms with Gasteiger partial charge in [-0.1, -0.05) is 6.08 Å². The molecule has 7 nitrogen and oxygen atoms in total.